The lowest BCUT2D eigenvalue weighted by Gasteiger charge is -2.31. The van der Waals surface area contributed by atoms with Gasteiger partial charge in [0, 0.05) is 24.1 Å². The Hall–Kier alpha value is -1.96. The Kier molecular flexibility index (Phi) is 5.94. The molecule has 1 saturated carbocycles. The van der Waals surface area contributed by atoms with E-state index in [0.29, 0.717) is 13.0 Å². The lowest BCUT2D eigenvalue weighted by Crippen LogP contribution is -2.44. The molecule has 4 N–H and O–H groups in total. The van der Waals surface area contributed by atoms with E-state index >= 15 is 0 Å². The van der Waals surface area contributed by atoms with E-state index in [1.54, 1.807) is 0 Å². The summed E-state index contributed by atoms with van der Waals surface area (Å²) in [4.78, 5) is 0. The Morgan fingerprint density at radius 3 is 2.36 bits per heavy atom. The van der Waals surface area contributed by atoms with Gasteiger partial charge >= 0.3 is 0 Å². The van der Waals surface area contributed by atoms with E-state index in [1.165, 1.54) is 5.56 Å². The highest BCUT2D eigenvalue weighted by Crippen LogP contribution is 2.50. The molecule has 4 rings (SSSR count). The molecule has 0 spiro atoms. The van der Waals surface area contributed by atoms with Gasteiger partial charge in [-0.2, -0.15) is 0 Å². The van der Waals surface area contributed by atoms with Crippen LogP contribution >= 0.6 is 0 Å². The number of nitrogens with one attached hydrogen (secondary N) is 1. The van der Waals surface area contributed by atoms with Crippen molar-refractivity contribution in [3.05, 3.63) is 65.7 Å². The fourth-order valence-corrected chi connectivity index (χ4v) is 3.95. The Morgan fingerprint density at radius 1 is 0.893 bits per heavy atom. The highest BCUT2D eigenvalue weighted by atomic mass is 16.7. The second kappa shape index (κ2) is 8.59. The zero-order chi connectivity index (χ0) is 19.5. The van der Waals surface area contributed by atoms with Crippen molar-refractivity contribution in [2.24, 2.45) is 11.8 Å². The van der Waals surface area contributed by atoms with Crippen LogP contribution in [0.2, 0.25) is 0 Å². The van der Waals surface area contributed by atoms with Crippen LogP contribution in [0.4, 0.5) is 5.69 Å². The molecule has 2 aromatic rings. The molecule has 0 bridgehead atoms. The van der Waals surface area contributed by atoms with E-state index in [9.17, 15) is 15.3 Å². The number of aliphatic hydroxyl groups excluding tert-OH is 3. The number of fused-ring (bicyclic) bond motifs is 1. The Morgan fingerprint density at radius 2 is 1.64 bits per heavy atom. The molecule has 2 fully saturated rings. The van der Waals surface area contributed by atoms with Crippen LogP contribution in [0.25, 0.3) is 0 Å². The normalized spacial score (nSPS) is 31.2. The van der Waals surface area contributed by atoms with Gasteiger partial charge in [-0.15, -0.1) is 0 Å². The Bertz CT molecular complexity index is 751. The smallest absolute Gasteiger partial charge is 0.184 e. The molecule has 6 heteroatoms. The first kappa shape index (κ1) is 19.4. The zero-order valence-electron chi connectivity index (χ0n) is 15.6. The number of hydrogen-bond donors (Lipinski definition) is 4. The minimum absolute atomic E-state index is 0.178. The number of ether oxygens (including phenoxy) is 2. The monoisotopic (exact) mass is 385 g/mol. The van der Waals surface area contributed by atoms with Crippen LogP contribution in [0.3, 0.4) is 0 Å². The lowest BCUT2D eigenvalue weighted by atomic mass is 10.1. The highest BCUT2D eigenvalue weighted by Gasteiger charge is 2.63. The molecule has 1 saturated heterocycles. The van der Waals surface area contributed by atoms with Crippen molar-refractivity contribution in [3.8, 4) is 0 Å². The van der Waals surface area contributed by atoms with Gasteiger partial charge < -0.3 is 30.1 Å². The van der Waals surface area contributed by atoms with Crippen molar-refractivity contribution < 1.29 is 24.8 Å². The summed E-state index contributed by atoms with van der Waals surface area (Å²) in [5.74, 6) is -0.443. The first-order chi connectivity index (χ1) is 13.7. The molecule has 6 nitrogen and oxygen atoms in total. The third-order valence-electron chi connectivity index (χ3n) is 5.65. The molecule has 1 heterocycles. The van der Waals surface area contributed by atoms with Gasteiger partial charge in [-0.05, 0) is 29.7 Å². The van der Waals surface area contributed by atoms with E-state index in [1.807, 2.05) is 42.5 Å². The van der Waals surface area contributed by atoms with E-state index in [0.717, 1.165) is 17.8 Å². The summed E-state index contributed by atoms with van der Waals surface area (Å²) in [5, 5.41) is 32.9. The van der Waals surface area contributed by atoms with E-state index < -0.39 is 24.6 Å². The number of rotatable bonds is 8. The fourth-order valence-electron chi connectivity index (χ4n) is 3.95. The van der Waals surface area contributed by atoms with Crippen LogP contribution in [0.15, 0.2) is 54.6 Å². The van der Waals surface area contributed by atoms with Gasteiger partial charge in [0.1, 0.15) is 6.10 Å². The van der Waals surface area contributed by atoms with Crippen LogP contribution in [0.1, 0.15) is 11.1 Å². The van der Waals surface area contributed by atoms with Crippen LogP contribution in [-0.4, -0.2) is 53.1 Å². The minimum Gasteiger partial charge on any atom is -0.394 e. The summed E-state index contributed by atoms with van der Waals surface area (Å²) in [6.07, 6.45) is -2.05. The molecule has 4 unspecified atom stereocenters. The molecule has 2 aliphatic rings. The number of anilines is 1. The Labute approximate surface area is 164 Å². The first-order valence-corrected chi connectivity index (χ1v) is 9.78. The zero-order valence-corrected chi connectivity index (χ0v) is 15.6. The summed E-state index contributed by atoms with van der Waals surface area (Å²) in [7, 11) is 0. The molecule has 2 aromatic carbocycles. The van der Waals surface area contributed by atoms with Gasteiger partial charge in [0.2, 0.25) is 0 Å². The maximum atomic E-state index is 10.2. The number of benzene rings is 2. The summed E-state index contributed by atoms with van der Waals surface area (Å²) < 4.78 is 11.3. The average Bonchev–Trinajstić information content (AvgIpc) is 3.41. The lowest BCUT2D eigenvalue weighted by molar-refractivity contribution is -0.248. The predicted octanol–water partition coefficient (Wildman–Crippen LogP) is 1.54. The second-order valence-corrected chi connectivity index (χ2v) is 7.52. The van der Waals surface area contributed by atoms with Crippen molar-refractivity contribution in [2.75, 3.05) is 18.5 Å². The number of hydrogen-bond acceptors (Lipinski definition) is 6. The van der Waals surface area contributed by atoms with Gasteiger partial charge in [-0.1, -0.05) is 42.5 Å². The van der Waals surface area contributed by atoms with Gasteiger partial charge in [0.25, 0.3) is 0 Å². The maximum absolute atomic E-state index is 10.2. The molecule has 0 amide bonds. The van der Waals surface area contributed by atoms with Crippen molar-refractivity contribution >= 4 is 5.69 Å². The van der Waals surface area contributed by atoms with Crippen molar-refractivity contribution in [1.82, 2.24) is 0 Å². The van der Waals surface area contributed by atoms with Crippen LogP contribution < -0.4 is 5.32 Å². The SMILES string of the molecule is OCC1O[C@@H](OCCc2ccc(NCc3ccccc3)cc2)C(O)C2C(O)[C@H]12. The third-order valence-corrected chi connectivity index (χ3v) is 5.65. The second-order valence-electron chi connectivity index (χ2n) is 7.52. The average molecular weight is 385 g/mol. The van der Waals surface area contributed by atoms with Crippen molar-refractivity contribution in [2.45, 2.75) is 37.6 Å². The van der Waals surface area contributed by atoms with Crippen LogP contribution in [0.5, 0.6) is 0 Å². The van der Waals surface area contributed by atoms with Gasteiger partial charge in [0.05, 0.1) is 25.4 Å². The summed E-state index contributed by atoms with van der Waals surface area (Å²) in [6, 6.07) is 18.4. The molecule has 1 aliphatic heterocycles. The van der Waals surface area contributed by atoms with Gasteiger partial charge in [0.15, 0.2) is 6.29 Å². The predicted molar refractivity (Wildman–Crippen MR) is 105 cm³/mol. The maximum Gasteiger partial charge on any atom is 0.184 e. The highest BCUT2D eigenvalue weighted by molar-refractivity contribution is 5.45. The van der Waals surface area contributed by atoms with Gasteiger partial charge in [-0.3, -0.25) is 0 Å². The van der Waals surface area contributed by atoms with E-state index in [2.05, 4.69) is 17.4 Å². The summed E-state index contributed by atoms with van der Waals surface area (Å²) >= 11 is 0. The van der Waals surface area contributed by atoms with Crippen LogP contribution in [-0.2, 0) is 22.4 Å². The van der Waals surface area contributed by atoms with Crippen molar-refractivity contribution in [3.63, 3.8) is 0 Å². The molecule has 1 aliphatic carbocycles. The molecular weight excluding hydrogens is 358 g/mol. The molecule has 0 radical (unpaired) electrons. The minimum atomic E-state index is -0.854. The fraction of sp³-hybridized carbons (Fsp3) is 0.455. The topological polar surface area (TPSA) is 91.2 Å². The summed E-state index contributed by atoms with van der Waals surface area (Å²) in [5.41, 5.74) is 3.41. The third kappa shape index (κ3) is 4.21. The molecule has 0 aromatic heterocycles. The molecule has 6 atom stereocenters. The van der Waals surface area contributed by atoms with Gasteiger partial charge in [-0.25, -0.2) is 0 Å². The molecule has 150 valence electrons. The first-order valence-electron chi connectivity index (χ1n) is 9.78. The molecular formula is C22H27NO5. The molecule has 28 heavy (non-hydrogen) atoms. The van der Waals surface area contributed by atoms with Crippen LogP contribution in [0, 0.1) is 11.8 Å². The summed E-state index contributed by atoms with van der Waals surface area (Å²) in [6.45, 7) is 0.993. The van der Waals surface area contributed by atoms with E-state index in [-0.39, 0.29) is 18.4 Å². The standard InChI is InChI=1S/C22H27NO5/c24-13-17-18-19(20(18)25)21(26)22(28-17)27-11-10-14-6-8-16(9-7-14)23-12-15-4-2-1-3-5-15/h1-9,17-26H,10-13H2/t17?,18-,19?,20?,21?,22-/m1/s1. The number of aliphatic hydroxyl groups is 3. The van der Waals surface area contributed by atoms with Crippen molar-refractivity contribution in [1.29, 1.82) is 0 Å². The Balaban J connectivity index is 1.23. The van der Waals surface area contributed by atoms with E-state index in [4.69, 9.17) is 9.47 Å². The largest absolute Gasteiger partial charge is 0.394 e. The quantitative estimate of drug-likeness (QED) is 0.551.